The van der Waals surface area contributed by atoms with Crippen molar-refractivity contribution < 1.29 is 14.0 Å². The molecule has 0 aliphatic heterocycles. The minimum Gasteiger partial charge on any atom is -0.346 e. The van der Waals surface area contributed by atoms with Crippen molar-refractivity contribution >= 4 is 28.8 Å². The summed E-state index contributed by atoms with van der Waals surface area (Å²) in [6.07, 6.45) is 0.876. The van der Waals surface area contributed by atoms with Gasteiger partial charge in [-0.2, -0.15) is 0 Å². The van der Waals surface area contributed by atoms with Gasteiger partial charge in [-0.1, -0.05) is 48.6 Å². The minimum atomic E-state index is -0.336. The van der Waals surface area contributed by atoms with Gasteiger partial charge in [0.25, 0.3) is 5.91 Å². The molecule has 0 unspecified atom stereocenters. The standard InChI is InChI=1S/C23H26FN5O2S/c1-3-12-29(14-20(30)26-19-7-5-4-6-16(19)2)15-21-27-28-23(32-21)22(31)25-13-17-8-10-18(24)11-9-17/h4-11H,3,12-15H2,1-2H3,(H,25,31)(H,26,30). The normalized spacial score (nSPS) is 10.9. The molecular formula is C23H26FN5O2S. The number of rotatable bonds is 10. The number of aromatic nitrogens is 2. The van der Waals surface area contributed by atoms with E-state index in [0.29, 0.717) is 18.1 Å². The van der Waals surface area contributed by atoms with E-state index in [1.165, 1.54) is 23.5 Å². The van der Waals surface area contributed by atoms with Gasteiger partial charge in [0.05, 0.1) is 13.1 Å². The van der Waals surface area contributed by atoms with E-state index in [9.17, 15) is 14.0 Å². The first kappa shape index (κ1) is 23.5. The van der Waals surface area contributed by atoms with Crippen molar-refractivity contribution in [1.29, 1.82) is 0 Å². The number of benzene rings is 2. The third-order valence-corrected chi connectivity index (χ3v) is 5.62. The van der Waals surface area contributed by atoms with E-state index >= 15 is 0 Å². The Balaban J connectivity index is 1.54. The molecule has 2 amide bonds. The quantitative estimate of drug-likeness (QED) is 0.486. The Morgan fingerprint density at radius 2 is 1.84 bits per heavy atom. The molecular weight excluding hydrogens is 429 g/mol. The molecule has 0 saturated heterocycles. The van der Waals surface area contributed by atoms with Crippen LogP contribution >= 0.6 is 11.3 Å². The molecule has 0 spiro atoms. The fourth-order valence-electron chi connectivity index (χ4n) is 3.10. The van der Waals surface area contributed by atoms with Crippen LogP contribution < -0.4 is 10.6 Å². The number of nitrogens with one attached hydrogen (secondary N) is 2. The zero-order valence-corrected chi connectivity index (χ0v) is 18.9. The second kappa shape index (κ2) is 11.4. The van der Waals surface area contributed by atoms with Crippen LogP contribution in [-0.2, 0) is 17.9 Å². The Labute approximate surface area is 190 Å². The summed E-state index contributed by atoms with van der Waals surface area (Å²) in [5.41, 5.74) is 2.59. The molecule has 2 aromatic carbocycles. The zero-order valence-electron chi connectivity index (χ0n) is 18.1. The number of carbonyl (C=O) groups is 2. The average molecular weight is 456 g/mol. The van der Waals surface area contributed by atoms with E-state index < -0.39 is 0 Å². The van der Waals surface area contributed by atoms with Gasteiger partial charge >= 0.3 is 0 Å². The molecule has 32 heavy (non-hydrogen) atoms. The fraction of sp³-hybridized carbons (Fsp3) is 0.304. The number of nitrogens with zero attached hydrogens (tertiary/aromatic N) is 3. The fourth-order valence-corrected chi connectivity index (χ4v) is 3.90. The second-order valence-corrected chi connectivity index (χ2v) is 8.45. The highest BCUT2D eigenvalue weighted by Gasteiger charge is 2.17. The topological polar surface area (TPSA) is 87.2 Å². The van der Waals surface area contributed by atoms with Crippen LogP contribution in [-0.4, -0.2) is 40.0 Å². The predicted octanol–water partition coefficient (Wildman–Crippen LogP) is 3.77. The minimum absolute atomic E-state index is 0.102. The van der Waals surface area contributed by atoms with E-state index in [2.05, 4.69) is 20.8 Å². The Kier molecular flexibility index (Phi) is 8.41. The molecule has 0 atom stereocenters. The van der Waals surface area contributed by atoms with E-state index in [0.717, 1.165) is 23.2 Å². The van der Waals surface area contributed by atoms with Crippen molar-refractivity contribution in [3.8, 4) is 0 Å². The summed E-state index contributed by atoms with van der Waals surface area (Å²) in [6, 6.07) is 13.6. The van der Waals surface area contributed by atoms with Crippen LogP contribution in [0.4, 0.5) is 10.1 Å². The van der Waals surface area contributed by atoms with Crippen LogP contribution in [0.2, 0.25) is 0 Å². The number of halogens is 1. The lowest BCUT2D eigenvalue weighted by atomic mass is 10.2. The summed E-state index contributed by atoms with van der Waals surface area (Å²) >= 11 is 1.20. The van der Waals surface area contributed by atoms with Crippen molar-refractivity contribution in [2.75, 3.05) is 18.4 Å². The van der Waals surface area contributed by atoms with Gasteiger partial charge in [-0.3, -0.25) is 14.5 Å². The molecule has 168 valence electrons. The van der Waals surface area contributed by atoms with E-state index in [-0.39, 0.29) is 35.7 Å². The van der Waals surface area contributed by atoms with Gasteiger partial charge < -0.3 is 10.6 Å². The van der Waals surface area contributed by atoms with Gasteiger partial charge in [0, 0.05) is 12.2 Å². The summed E-state index contributed by atoms with van der Waals surface area (Å²) < 4.78 is 13.0. The summed E-state index contributed by atoms with van der Waals surface area (Å²) in [5, 5.41) is 14.7. The lowest BCUT2D eigenvalue weighted by molar-refractivity contribution is -0.117. The molecule has 3 rings (SSSR count). The molecule has 0 aliphatic rings. The number of hydrogen-bond acceptors (Lipinski definition) is 6. The lowest BCUT2D eigenvalue weighted by Crippen LogP contribution is -2.33. The van der Waals surface area contributed by atoms with Crippen LogP contribution in [0.3, 0.4) is 0 Å². The van der Waals surface area contributed by atoms with Gasteiger partial charge in [0.2, 0.25) is 10.9 Å². The first-order valence-corrected chi connectivity index (χ1v) is 11.2. The first-order valence-electron chi connectivity index (χ1n) is 10.4. The van der Waals surface area contributed by atoms with Crippen molar-refractivity contribution in [2.24, 2.45) is 0 Å². The molecule has 0 radical (unpaired) electrons. The largest absolute Gasteiger partial charge is 0.346 e. The van der Waals surface area contributed by atoms with Crippen LogP contribution in [0.15, 0.2) is 48.5 Å². The number of carbonyl (C=O) groups excluding carboxylic acids is 2. The van der Waals surface area contributed by atoms with E-state index in [1.54, 1.807) is 12.1 Å². The molecule has 7 nitrogen and oxygen atoms in total. The van der Waals surface area contributed by atoms with E-state index in [1.807, 2.05) is 43.0 Å². The van der Waals surface area contributed by atoms with Gasteiger partial charge in [0.1, 0.15) is 10.8 Å². The van der Waals surface area contributed by atoms with Crippen LogP contribution in [0.25, 0.3) is 0 Å². The number of hydrogen-bond donors (Lipinski definition) is 2. The molecule has 1 heterocycles. The van der Waals surface area contributed by atoms with Crippen LogP contribution in [0.1, 0.15) is 39.3 Å². The summed E-state index contributed by atoms with van der Waals surface area (Å²) in [5.74, 6) is -0.759. The molecule has 2 N–H and O–H groups in total. The smallest absolute Gasteiger partial charge is 0.282 e. The number of aryl methyl sites for hydroxylation is 1. The Morgan fingerprint density at radius 3 is 2.56 bits per heavy atom. The van der Waals surface area contributed by atoms with E-state index in [4.69, 9.17) is 0 Å². The number of amides is 2. The molecule has 0 saturated carbocycles. The summed E-state index contributed by atoms with van der Waals surface area (Å²) in [4.78, 5) is 26.9. The summed E-state index contributed by atoms with van der Waals surface area (Å²) in [7, 11) is 0. The Bertz CT molecular complexity index is 1050. The average Bonchev–Trinajstić information content (AvgIpc) is 3.23. The maximum Gasteiger partial charge on any atom is 0.282 e. The highest BCUT2D eigenvalue weighted by atomic mass is 32.1. The highest BCUT2D eigenvalue weighted by Crippen LogP contribution is 2.15. The SMILES string of the molecule is CCCN(CC(=O)Nc1ccccc1C)Cc1nnc(C(=O)NCc2ccc(F)cc2)s1. The van der Waals surface area contributed by atoms with Gasteiger partial charge in [-0.15, -0.1) is 10.2 Å². The molecule has 0 fully saturated rings. The molecule has 0 bridgehead atoms. The maximum absolute atomic E-state index is 13.0. The van der Waals surface area contributed by atoms with Crippen molar-refractivity contribution in [1.82, 2.24) is 20.4 Å². The van der Waals surface area contributed by atoms with Crippen molar-refractivity contribution in [3.63, 3.8) is 0 Å². The molecule has 3 aromatic rings. The summed E-state index contributed by atoms with van der Waals surface area (Å²) in [6.45, 7) is 5.62. The zero-order chi connectivity index (χ0) is 22.9. The van der Waals surface area contributed by atoms with Gasteiger partial charge in [-0.05, 0) is 49.2 Å². The van der Waals surface area contributed by atoms with Crippen LogP contribution in [0, 0.1) is 12.7 Å². The maximum atomic E-state index is 13.0. The van der Waals surface area contributed by atoms with Gasteiger partial charge in [-0.25, -0.2) is 4.39 Å². The molecule has 0 aliphatic carbocycles. The first-order chi connectivity index (χ1) is 15.4. The molecule has 9 heteroatoms. The molecule has 1 aromatic heterocycles. The predicted molar refractivity (Wildman–Crippen MR) is 123 cm³/mol. The van der Waals surface area contributed by atoms with Crippen molar-refractivity contribution in [2.45, 2.75) is 33.4 Å². The monoisotopic (exact) mass is 455 g/mol. The van der Waals surface area contributed by atoms with Gasteiger partial charge in [0.15, 0.2) is 0 Å². The lowest BCUT2D eigenvalue weighted by Gasteiger charge is -2.20. The Hall–Kier alpha value is -3.17. The van der Waals surface area contributed by atoms with Crippen molar-refractivity contribution in [3.05, 3.63) is 75.5 Å². The third kappa shape index (κ3) is 6.93. The third-order valence-electron chi connectivity index (χ3n) is 4.71. The number of anilines is 1. The second-order valence-electron chi connectivity index (χ2n) is 7.38. The number of para-hydroxylation sites is 1. The highest BCUT2D eigenvalue weighted by molar-refractivity contribution is 7.13. The van der Waals surface area contributed by atoms with Crippen LogP contribution in [0.5, 0.6) is 0 Å². The Morgan fingerprint density at radius 1 is 1.09 bits per heavy atom.